The molecule has 0 aliphatic heterocycles. The van der Waals surface area contributed by atoms with Crippen molar-refractivity contribution in [3.63, 3.8) is 0 Å². The summed E-state index contributed by atoms with van der Waals surface area (Å²) in [7, 11) is 0. The van der Waals surface area contributed by atoms with E-state index in [1.807, 2.05) is 54.6 Å². The molecule has 2 heterocycles. The minimum Gasteiger partial charge on any atom is -0.338 e. The van der Waals surface area contributed by atoms with Crippen LogP contribution >= 0.6 is 11.8 Å². The lowest BCUT2D eigenvalue weighted by Crippen LogP contribution is -2.24. The minimum atomic E-state index is -0.00532. The molecule has 6 nitrogen and oxygen atoms in total. The second kappa shape index (κ2) is 8.61. The third kappa shape index (κ3) is 4.40. The van der Waals surface area contributed by atoms with Gasteiger partial charge in [0.1, 0.15) is 0 Å². The van der Waals surface area contributed by atoms with Gasteiger partial charge in [-0.3, -0.25) is 9.36 Å². The van der Waals surface area contributed by atoms with E-state index in [1.165, 1.54) is 11.8 Å². The number of hydrogen-bond acceptors (Lipinski definition) is 6. The molecule has 148 valence electrons. The Morgan fingerprint density at radius 3 is 2.59 bits per heavy atom. The molecule has 0 atom stereocenters. The molecule has 29 heavy (non-hydrogen) atoms. The molecule has 0 radical (unpaired) electrons. The average Bonchev–Trinajstić information content (AvgIpc) is 3.21. The summed E-state index contributed by atoms with van der Waals surface area (Å²) in [6, 6.07) is 17.2. The van der Waals surface area contributed by atoms with Gasteiger partial charge in [0.15, 0.2) is 5.16 Å². The van der Waals surface area contributed by atoms with Gasteiger partial charge in [-0.1, -0.05) is 73.2 Å². The minimum absolute atomic E-state index is 0.00532. The Morgan fingerprint density at radius 1 is 1.03 bits per heavy atom. The van der Waals surface area contributed by atoms with E-state index in [2.05, 4.69) is 24.0 Å². The predicted octanol–water partition coefficient (Wildman–Crippen LogP) is 4.78. The molecular formula is C22H22N4O2S. The van der Waals surface area contributed by atoms with E-state index in [4.69, 9.17) is 9.51 Å². The Morgan fingerprint density at radius 2 is 1.79 bits per heavy atom. The summed E-state index contributed by atoms with van der Waals surface area (Å²) in [5.74, 6) is 2.01. The summed E-state index contributed by atoms with van der Waals surface area (Å²) in [5, 5.41) is 5.38. The summed E-state index contributed by atoms with van der Waals surface area (Å²) in [5.41, 5.74) is 1.61. The zero-order valence-electron chi connectivity index (χ0n) is 16.4. The Labute approximate surface area is 173 Å². The lowest BCUT2D eigenvalue weighted by atomic mass is 10.1. The maximum Gasteiger partial charge on any atom is 0.262 e. The molecule has 0 saturated carbocycles. The summed E-state index contributed by atoms with van der Waals surface area (Å²) >= 11 is 1.44. The molecule has 4 rings (SSSR count). The lowest BCUT2D eigenvalue weighted by molar-refractivity contribution is 0.391. The zero-order chi connectivity index (χ0) is 20.2. The predicted molar refractivity (Wildman–Crippen MR) is 115 cm³/mol. The van der Waals surface area contributed by atoms with Gasteiger partial charge in [-0.25, -0.2) is 4.98 Å². The van der Waals surface area contributed by atoms with Crippen molar-refractivity contribution >= 4 is 22.7 Å². The molecular weight excluding hydrogens is 384 g/mol. The highest BCUT2D eigenvalue weighted by Gasteiger charge is 2.14. The van der Waals surface area contributed by atoms with Crippen LogP contribution in [0.5, 0.6) is 0 Å². The molecule has 0 N–H and O–H groups in total. The van der Waals surface area contributed by atoms with Crippen molar-refractivity contribution in [1.82, 2.24) is 19.7 Å². The van der Waals surface area contributed by atoms with Gasteiger partial charge in [0.05, 0.1) is 16.7 Å². The number of hydrogen-bond donors (Lipinski definition) is 0. The quantitative estimate of drug-likeness (QED) is 0.325. The first kappa shape index (κ1) is 19.4. The van der Waals surface area contributed by atoms with E-state index >= 15 is 0 Å². The third-order valence-corrected chi connectivity index (χ3v) is 5.54. The summed E-state index contributed by atoms with van der Waals surface area (Å²) in [4.78, 5) is 22.2. The standard InChI is InChI=1S/C22H22N4O2S/c1-15(2)12-13-26-21(27)17-10-6-7-11-18(17)23-22(26)29-14-19-24-20(25-28-19)16-8-4-3-5-9-16/h3-11,15H,12-14H2,1-2H3. The first-order valence-corrected chi connectivity index (χ1v) is 10.6. The molecule has 7 heteroatoms. The van der Waals surface area contributed by atoms with Crippen LogP contribution in [0.3, 0.4) is 0 Å². The van der Waals surface area contributed by atoms with Gasteiger partial charge >= 0.3 is 0 Å². The van der Waals surface area contributed by atoms with Crippen molar-refractivity contribution in [2.24, 2.45) is 5.92 Å². The van der Waals surface area contributed by atoms with Crippen LogP contribution in [-0.4, -0.2) is 19.7 Å². The molecule has 0 saturated heterocycles. The Balaban J connectivity index is 1.61. The van der Waals surface area contributed by atoms with Crippen molar-refractivity contribution in [2.45, 2.75) is 37.7 Å². The third-order valence-electron chi connectivity index (χ3n) is 4.58. The van der Waals surface area contributed by atoms with E-state index in [0.29, 0.717) is 46.0 Å². The molecule has 0 unspecified atom stereocenters. The highest BCUT2D eigenvalue weighted by molar-refractivity contribution is 7.98. The topological polar surface area (TPSA) is 73.8 Å². The Kier molecular flexibility index (Phi) is 5.76. The van der Waals surface area contributed by atoms with Gasteiger partial charge in [-0.2, -0.15) is 4.98 Å². The van der Waals surface area contributed by atoms with Gasteiger partial charge in [0.2, 0.25) is 11.7 Å². The van der Waals surface area contributed by atoms with Gasteiger partial charge in [0, 0.05) is 12.1 Å². The Bertz CT molecular complexity index is 1170. The SMILES string of the molecule is CC(C)CCn1c(SCc2nc(-c3ccccc3)no2)nc2ccccc2c1=O. The maximum absolute atomic E-state index is 13.0. The first-order chi connectivity index (χ1) is 14.1. The van der Waals surface area contributed by atoms with E-state index in [0.717, 1.165) is 12.0 Å². The summed E-state index contributed by atoms with van der Waals surface area (Å²) < 4.78 is 7.16. The second-order valence-electron chi connectivity index (χ2n) is 7.22. The van der Waals surface area contributed by atoms with E-state index in [-0.39, 0.29) is 5.56 Å². The van der Waals surface area contributed by atoms with E-state index in [1.54, 1.807) is 4.57 Å². The van der Waals surface area contributed by atoms with Crippen LogP contribution in [0.4, 0.5) is 0 Å². The Hall–Kier alpha value is -2.93. The normalized spacial score (nSPS) is 11.4. The maximum atomic E-state index is 13.0. The molecule has 0 spiro atoms. The zero-order valence-corrected chi connectivity index (χ0v) is 17.2. The van der Waals surface area contributed by atoms with Crippen LogP contribution in [0.25, 0.3) is 22.3 Å². The van der Waals surface area contributed by atoms with Gasteiger partial charge in [-0.15, -0.1) is 0 Å². The fraction of sp³-hybridized carbons (Fsp3) is 0.273. The van der Waals surface area contributed by atoms with Gasteiger partial charge < -0.3 is 4.52 Å². The number of benzene rings is 2. The van der Waals surface area contributed by atoms with Crippen LogP contribution in [0.2, 0.25) is 0 Å². The smallest absolute Gasteiger partial charge is 0.262 e. The monoisotopic (exact) mass is 406 g/mol. The highest BCUT2D eigenvalue weighted by atomic mass is 32.2. The highest BCUT2D eigenvalue weighted by Crippen LogP contribution is 2.24. The number of para-hydroxylation sites is 1. The van der Waals surface area contributed by atoms with Crippen LogP contribution in [0.1, 0.15) is 26.2 Å². The fourth-order valence-electron chi connectivity index (χ4n) is 2.99. The molecule has 2 aromatic carbocycles. The molecule has 0 aliphatic rings. The van der Waals surface area contributed by atoms with Crippen molar-refractivity contribution in [3.05, 3.63) is 70.8 Å². The first-order valence-electron chi connectivity index (χ1n) is 9.62. The van der Waals surface area contributed by atoms with Crippen molar-refractivity contribution in [2.75, 3.05) is 0 Å². The van der Waals surface area contributed by atoms with Crippen LogP contribution in [0, 0.1) is 5.92 Å². The van der Waals surface area contributed by atoms with Gasteiger partial charge in [0.25, 0.3) is 5.56 Å². The number of nitrogens with zero attached hydrogens (tertiary/aromatic N) is 4. The fourth-order valence-corrected chi connectivity index (χ4v) is 3.85. The largest absolute Gasteiger partial charge is 0.338 e. The molecule has 0 bridgehead atoms. The molecule has 0 aliphatic carbocycles. The summed E-state index contributed by atoms with van der Waals surface area (Å²) in [6.07, 6.45) is 0.909. The summed E-state index contributed by atoms with van der Waals surface area (Å²) in [6.45, 7) is 4.93. The number of rotatable bonds is 7. The lowest BCUT2D eigenvalue weighted by Gasteiger charge is -2.13. The van der Waals surface area contributed by atoms with Crippen LogP contribution in [0.15, 0.2) is 69.1 Å². The molecule has 2 aromatic heterocycles. The van der Waals surface area contributed by atoms with Crippen molar-refractivity contribution in [1.29, 1.82) is 0 Å². The number of aromatic nitrogens is 4. The van der Waals surface area contributed by atoms with Crippen molar-refractivity contribution in [3.8, 4) is 11.4 Å². The van der Waals surface area contributed by atoms with Crippen molar-refractivity contribution < 1.29 is 4.52 Å². The van der Waals surface area contributed by atoms with E-state index < -0.39 is 0 Å². The number of thioether (sulfide) groups is 1. The van der Waals surface area contributed by atoms with E-state index in [9.17, 15) is 4.79 Å². The van der Waals surface area contributed by atoms with Gasteiger partial charge in [-0.05, 0) is 24.5 Å². The van der Waals surface area contributed by atoms with Crippen LogP contribution in [-0.2, 0) is 12.3 Å². The number of fused-ring (bicyclic) bond motifs is 1. The second-order valence-corrected chi connectivity index (χ2v) is 8.16. The molecule has 4 aromatic rings. The molecule has 0 fully saturated rings. The average molecular weight is 407 g/mol. The molecule has 0 amide bonds. The van der Waals surface area contributed by atoms with Crippen LogP contribution < -0.4 is 5.56 Å².